The average molecular weight is 871 g/mol. The van der Waals surface area contributed by atoms with Crippen LogP contribution in [0.1, 0.15) is 181 Å². The van der Waals surface area contributed by atoms with Gasteiger partial charge in [-0.15, -0.1) is 0 Å². The summed E-state index contributed by atoms with van der Waals surface area (Å²) < 4.78 is 22.8. The standard InChI is InChI=1S/C53H90O9/c1-3-5-7-9-11-13-15-17-19-20-21-22-23-24-25-26-27-29-31-33-35-37-39-41-43-59-45-47(46-60-53-52(58)51(57)50(56)48(44-54)62-53)61-49(55)42-40-38-36-34-32-30-28-18-16-14-12-10-8-6-4-2/h6,8,12,14-15,17-18,20-21,23-24,28,32,34,47-48,50-54,56-58H,3-5,7,9-11,13,16,19,22,25-27,29-31,33,35-46H2,1-2H3/b8-6-,14-12-,17-15-,21-20-,24-23-,28-18-,34-32-. The average Bonchev–Trinajstić information content (AvgIpc) is 3.27. The van der Waals surface area contributed by atoms with Crippen LogP contribution in [-0.4, -0.2) is 89.6 Å². The zero-order valence-corrected chi connectivity index (χ0v) is 39.1. The maximum atomic E-state index is 12.8. The van der Waals surface area contributed by atoms with Crippen LogP contribution in [0.2, 0.25) is 0 Å². The highest BCUT2D eigenvalue weighted by Gasteiger charge is 2.44. The van der Waals surface area contributed by atoms with Crippen LogP contribution >= 0.6 is 0 Å². The van der Waals surface area contributed by atoms with Crippen molar-refractivity contribution in [2.24, 2.45) is 0 Å². The molecule has 0 aromatic rings. The summed E-state index contributed by atoms with van der Waals surface area (Å²) in [6.45, 7) is 4.36. The van der Waals surface area contributed by atoms with Crippen molar-refractivity contribution in [1.29, 1.82) is 0 Å². The lowest BCUT2D eigenvalue weighted by atomic mass is 9.99. The number of aliphatic hydroxyl groups excluding tert-OH is 4. The molecule has 1 saturated heterocycles. The number of carbonyl (C=O) groups is 1. The summed E-state index contributed by atoms with van der Waals surface area (Å²) in [7, 11) is 0. The maximum Gasteiger partial charge on any atom is 0.306 e. The van der Waals surface area contributed by atoms with Crippen molar-refractivity contribution < 1.29 is 44.2 Å². The van der Waals surface area contributed by atoms with Crippen LogP contribution in [0.3, 0.4) is 0 Å². The first-order chi connectivity index (χ1) is 30.4. The van der Waals surface area contributed by atoms with Crippen LogP contribution < -0.4 is 0 Å². The zero-order chi connectivity index (χ0) is 45.0. The highest BCUT2D eigenvalue weighted by molar-refractivity contribution is 5.69. The summed E-state index contributed by atoms with van der Waals surface area (Å²) in [6, 6.07) is 0. The van der Waals surface area contributed by atoms with Crippen molar-refractivity contribution in [3.05, 3.63) is 85.1 Å². The fourth-order valence-electron chi connectivity index (χ4n) is 6.96. The highest BCUT2D eigenvalue weighted by Crippen LogP contribution is 2.22. The third kappa shape index (κ3) is 33.9. The molecule has 6 unspecified atom stereocenters. The van der Waals surface area contributed by atoms with E-state index in [0.29, 0.717) is 13.0 Å². The van der Waals surface area contributed by atoms with E-state index in [1.165, 1.54) is 83.5 Å². The molecular weight excluding hydrogens is 781 g/mol. The van der Waals surface area contributed by atoms with Gasteiger partial charge < -0.3 is 39.4 Å². The molecule has 0 amide bonds. The fourth-order valence-corrected chi connectivity index (χ4v) is 6.96. The molecule has 1 rings (SSSR count). The first-order valence-corrected chi connectivity index (χ1v) is 24.7. The van der Waals surface area contributed by atoms with E-state index >= 15 is 0 Å². The summed E-state index contributed by atoms with van der Waals surface area (Å²) in [5, 5.41) is 40.2. The number of hydrogen-bond donors (Lipinski definition) is 4. The molecular formula is C53H90O9. The van der Waals surface area contributed by atoms with Crippen molar-refractivity contribution in [2.75, 3.05) is 26.4 Å². The van der Waals surface area contributed by atoms with E-state index in [2.05, 4.69) is 98.9 Å². The van der Waals surface area contributed by atoms with Crippen molar-refractivity contribution >= 4 is 5.97 Å². The minimum Gasteiger partial charge on any atom is -0.457 e. The van der Waals surface area contributed by atoms with Gasteiger partial charge in [0.05, 0.1) is 19.8 Å². The quantitative estimate of drug-likeness (QED) is 0.0269. The molecule has 0 radical (unpaired) electrons. The third-order valence-corrected chi connectivity index (χ3v) is 10.8. The van der Waals surface area contributed by atoms with E-state index in [1.54, 1.807) is 0 Å². The smallest absolute Gasteiger partial charge is 0.306 e. The number of unbranched alkanes of at least 4 members (excludes halogenated alkanes) is 16. The largest absolute Gasteiger partial charge is 0.457 e. The molecule has 0 aliphatic carbocycles. The molecule has 6 atom stereocenters. The second-order valence-corrected chi connectivity index (χ2v) is 16.5. The molecule has 0 saturated carbocycles. The SMILES string of the molecule is CC/C=C\C/C=C\C/C=C\C/C=C\CCCCC(=O)OC(COCCCCCCCCCCC/C=C\C/C=C\C/C=C\CCCCCCC)COC1OC(CO)C(O)C(O)C1O. The lowest BCUT2D eigenvalue weighted by molar-refractivity contribution is -0.305. The van der Waals surface area contributed by atoms with E-state index in [1.807, 2.05) is 0 Å². The topological polar surface area (TPSA) is 135 Å². The Morgan fingerprint density at radius 1 is 0.532 bits per heavy atom. The molecule has 9 heteroatoms. The molecule has 1 heterocycles. The number of allylic oxidation sites excluding steroid dienone is 14. The number of aliphatic hydroxyl groups is 4. The van der Waals surface area contributed by atoms with Gasteiger partial charge in [0.2, 0.25) is 0 Å². The Hall–Kier alpha value is -2.63. The fraction of sp³-hybridized carbons (Fsp3) is 0.717. The van der Waals surface area contributed by atoms with Crippen molar-refractivity contribution in [3.8, 4) is 0 Å². The molecule has 0 bridgehead atoms. The minimum absolute atomic E-state index is 0.119. The Morgan fingerprint density at radius 2 is 0.984 bits per heavy atom. The molecule has 356 valence electrons. The van der Waals surface area contributed by atoms with Gasteiger partial charge in [-0.25, -0.2) is 0 Å². The maximum absolute atomic E-state index is 12.8. The third-order valence-electron chi connectivity index (χ3n) is 10.8. The predicted octanol–water partition coefficient (Wildman–Crippen LogP) is 11.8. The van der Waals surface area contributed by atoms with Gasteiger partial charge in [-0.2, -0.15) is 0 Å². The van der Waals surface area contributed by atoms with Crippen LogP contribution in [0.4, 0.5) is 0 Å². The Balaban J connectivity index is 2.24. The second-order valence-electron chi connectivity index (χ2n) is 16.5. The van der Waals surface area contributed by atoms with Gasteiger partial charge in [0.15, 0.2) is 6.29 Å². The highest BCUT2D eigenvalue weighted by atomic mass is 16.7. The zero-order valence-electron chi connectivity index (χ0n) is 39.1. The van der Waals surface area contributed by atoms with Gasteiger partial charge in [0.25, 0.3) is 0 Å². The van der Waals surface area contributed by atoms with Crippen molar-refractivity contribution in [1.82, 2.24) is 0 Å². The Kier molecular flexibility index (Phi) is 40.4. The lowest BCUT2D eigenvalue weighted by Gasteiger charge is -2.39. The van der Waals surface area contributed by atoms with Crippen LogP contribution in [0, 0.1) is 0 Å². The van der Waals surface area contributed by atoms with E-state index in [9.17, 15) is 25.2 Å². The predicted molar refractivity (Wildman–Crippen MR) is 256 cm³/mol. The Bertz CT molecular complexity index is 1220. The molecule has 0 aromatic carbocycles. The van der Waals surface area contributed by atoms with Gasteiger partial charge in [-0.3, -0.25) is 4.79 Å². The number of hydrogen-bond acceptors (Lipinski definition) is 9. The van der Waals surface area contributed by atoms with E-state index in [0.717, 1.165) is 70.6 Å². The monoisotopic (exact) mass is 871 g/mol. The Morgan fingerprint density at radius 3 is 1.48 bits per heavy atom. The second kappa shape index (κ2) is 43.6. The van der Waals surface area contributed by atoms with Crippen LogP contribution in [-0.2, 0) is 23.7 Å². The van der Waals surface area contributed by atoms with E-state index in [4.69, 9.17) is 18.9 Å². The normalized spacial score (nSPS) is 20.5. The van der Waals surface area contributed by atoms with Crippen molar-refractivity contribution in [2.45, 2.75) is 218 Å². The van der Waals surface area contributed by atoms with Gasteiger partial charge >= 0.3 is 5.97 Å². The Labute approximate surface area is 378 Å². The van der Waals surface area contributed by atoms with Gasteiger partial charge in [0.1, 0.15) is 30.5 Å². The summed E-state index contributed by atoms with van der Waals surface area (Å²) in [6.07, 6.45) is 51.9. The number of ether oxygens (including phenoxy) is 4. The molecule has 62 heavy (non-hydrogen) atoms. The van der Waals surface area contributed by atoms with Gasteiger partial charge in [-0.1, -0.05) is 170 Å². The van der Waals surface area contributed by atoms with Crippen LogP contribution in [0.5, 0.6) is 0 Å². The molecule has 1 fully saturated rings. The van der Waals surface area contributed by atoms with Crippen LogP contribution in [0.25, 0.3) is 0 Å². The first-order valence-electron chi connectivity index (χ1n) is 24.7. The molecule has 4 N–H and O–H groups in total. The molecule has 1 aliphatic heterocycles. The first kappa shape index (κ1) is 57.4. The minimum atomic E-state index is -1.55. The van der Waals surface area contributed by atoms with E-state index < -0.39 is 43.4 Å². The van der Waals surface area contributed by atoms with Crippen molar-refractivity contribution in [3.63, 3.8) is 0 Å². The molecule has 9 nitrogen and oxygen atoms in total. The lowest BCUT2D eigenvalue weighted by Crippen LogP contribution is -2.59. The number of carbonyl (C=O) groups excluding carboxylic acids is 1. The molecule has 0 aromatic heterocycles. The summed E-state index contributed by atoms with van der Waals surface area (Å²) in [5.41, 5.74) is 0. The number of esters is 1. The van der Waals surface area contributed by atoms with Crippen LogP contribution in [0.15, 0.2) is 85.1 Å². The van der Waals surface area contributed by atoms with Gasteiger partial charge in [-0.05, 0) is 89.9 Å². The van der Waals surface area contributed by atoms with Gasteiger partial charge in [0, 0.05) is 13.0 Å². The van der Waals surface area contributed by atoms with E-state index in [-0.39, 0.29) is 25.6 Å². The molecule has 0 spiro atoms. The summed E-state index contributed by atoms with van der Waals surface area (Å²) >= 11 is 0. The number of rotatable bonds is 41. The summed E-state index contributed by atoms with van der Waals surface area (Å²) in [5.74, 6) is -0.358. The summed E-state index contributed by atoms with van der Waals surface area (Å²) in [4.78, 5) is 12.8. The molecule has 1 aliphatic rings.